The first-order chi connectivity index (χ1) is 9.65. The Morgan fingerprint density at radius 3 is 2.45 bits per heavy atom. The summed E-state index contributed by atoms with van der Waals surface area (Å²) in [5.41, 5.74) is 2.17. The summed E-state index contributed by atoms with van der Waals surface area (Å²) in [6.07, 6.45) is 2.00. The van der Waals surface area contributed by atoms with Crippen molar-refractivity contribution in [3.63, 3.8) is 0 Å². The van der Waals surface area contributed by atoms with Crippen molar-refractivity contribution in [3.05, 3.63) is 65.2 Å². The lowest BCUT2D eigenvalue weighted by Gasteiger charge is -2.06. The Kier molecular flexibility index (Phi) is 4.60. The number of nitrogens with zero attached hydrogens (tertiary/aromatic N) is 1. The fraction of sp³-hybridized carbons (Fsp3) is 0.176. The Bertz CT molecular complexity index is 655. The van der Waals surface area contributed by atoms with E-state index >= 15 is 0 Å². The topological polar surface area (TPSA) is 40.9 Å². The highest BCUT2D eigenvalue weighted by Gasteiger charge is 2.11. The van der Waals surface area contributed by atoms with Gasteiger partial charge in [0, 0.05) is 16.0 Å². The predicted octanol–water partition coefficient (Wildman–Crippen LogP) is 4.27. The summed E-state index contributed by atoms with van der Waals surface area (Å²) >= 11 is 1.65. The number of thioether (sulfide) groups is 1. The zero-order valence-corrected chi connectivity index (χ0v) is 12.3. The molecule has 0 amide bonds. The van der Waals surface area contributed by atoms with Crippen molar-refractivity contribution < 1.29 is 4.79 Å². The van der Waals surface area contributed by atoms with Gasteiger partial charge in [-0.05, 0) is 49.1 Å². The maximum atomic E-state index is 12.4. The molecule has 3 heteroatoms. The van der Waals surface area contributed by atoms with Crippen molar-refractivity contribution >= 4 is 17.5 Å². The summed E-state index contributed by atoms with van der Waals surface area (Å²) in [6.45, 7) is 1.83. The van der Waals surface area contributed by atoms with E-state index < -0.39 is 0 Å². The fourth-order valence-electron chi connectivity index (χ4n) is 1.93. The highest BCUT2D eigenvalue weighted by molar-refractivity contribution is 7.98. The van der Waals surface area contributed by atoms with Crippen LogP contribution in [0, 0.1) is 11.3 Å². The van der Waals surface area contributed by atoms with E-state index in [0.717, 1.165) is 10.5 Å². The van der Waals surface area contributed by atoms with Crippen molar-refractivity contribution in [1.82, 2.24) is 0 Å². The average molecular weight is 281 g/mol. The van der Waals surface area contributed by atoms with Gasteiger partial charge >= 0.3 is 0 Å². The highest BCUT2D eigenvalue weighted by Crippen LogP contribution is 2.20. The Balaban J connectivity index is 2.31. The van der Waals surface area contributed by atoms with Crippen molar-refractivity contribution in [2.45, 2.75) is 17.7 Å². The number of ketones is 1. The quantitative estimate of drug-likeness (QED) is 0.621. The third-order valence-corrected chi connectivity index (χ3v) is 3.94. The van der Waals surface area contributed by atoms with Gasteiger partial charge in [0.15, 0.2) is 5.78 Å². The molecule has 0 fully saturated rings. The van der Waals surface area contributed by atoms with E-state index in [1.54, 1.807) is 23.9 Å². The van der Waals surface area contributed by atoms with Gasteiger partial charge < -0.3 is 0 Å². The van der Waals surface area contributed by atoms with E-state index in [-0.39, 0.29) is 11.7 Å². The largest absolute Gasteiger partial charge is 0.289 e. The number of benzene rings is 2. The van der Waals surface area contributed by atoms with Gasteiger partial charge in [0.1, 0.15) is 0 Å². The SMILES string of the molecule is CSc1ccc(C(=O)c2cccc(C(C)C#N)c2)cc1. The van der Waals surface area contributed by atoms with Crippen LogP contribution in [0.25, 0.3) is 0 Å². The summed E-state index contributed by atoms with van der Waals surface area (Å²) in [5.74, 6) is -0.216. The van der Waals surface area contributed by atoms with Gasteiger partial charge in [-0.1, -0.05) is 18.2 Å². The summed E-state index contributed by atoms with van der Waals surface area (Å²) in [7, 11) is 0. The summed E-state index contributed by atoms with van der Waals surface area (Å²) < 4.78 is 0. The lowest BCUT2D eigenvalue weighted by atomic mass is 9.96. The van der Waals surface area contributed by atoms with Gasteiger partial charge in [-0.3, -0.25) is 4.79 Å². The average Bonchev–Trinajstić information content (AvgIpc) is 2.53. The molecule has 0 aliphatic heterocycles. The van der Waals surface area contributed by atoms with Gasteiger partial charge in [0.2, 0.25) is 0 Å². The Morgan fingerprint density at radius 2 is 1.85 bits per heavy atom. The molecular weight excluding hydrogens is 266 g/mol. The van der Waals surface area contributed by atoms with Crippen molar-refractivity contribution in [1.29, 1.82) is 5.26 Å². The zero-order valence-electron chi connectivity index (χ0n) is 11.5. The minimum atomic E-state index is -0.207. The van der Waals surface area contributed by atoms with Gasteiger partial charge in [0.05, 0.1) is 12.0 Å². The van der Waals surface area contributed by atoms with Crippen LogP contribution in [0.15, 0.2) is 53.4 Å². The number of rotatable bonds is 4. The number of carbonyl (C=O) groups is 1. The summed E-state index contributed by atoms with van der Waals surface area (Å²) in [4.78, 5) is 13.6. The van der Waals surface area contributed by atoms with E-state index in [4.69, 9.17) is 5.26 Å². The first-order valence-electron chi connectivity index (χ1n) is 6.34. The molecular formula is C17H15NOS. The molecule has 0 heterocycles. The van der Waals surface area contributed by atoms with Crippen LogP contribution < -0.4 is 0 Å². The van der Waals surface area contributed by atoms with Crippen LogP contribution in [0.4, 0.5) is 0 Å². The maximum Gasteiger partial charge on any atom is 0.193 e. The molecule has 0 saturated carbocycles. The molecule has 0 aliphatic carbocycles. The van der Waals surface area contributed by atoms with E-state index in [2.05, 4.69) is 6.07 Å². The van der Waals surface area contributed by atoms with Crippen LogP contribution in [0.2, 0.25) is 0 Å². The van der Waals surface area contributed by atoms with Crippen LogP contribution in [-0.4, -0.2) is 12.0 Å². The molecule has 0 saturated heterocycles. The minimum absolute atomic E-state index is 0.00959. The molecule has 2 aromatic carbocycles. The second-order valence-corrected chi connectivity index (χ2v) is 5.41. The molecule has 100 valence electrons. The first-order valence-corrected chi connectivity index (χ1v) is 7.56. The molecule has 0 aromatic heterocycles. The summed E-state index contributed by atoms with van der Waals surface area (Å²) in [6, 6.07) is 17.1. The van der Waals surface area contributed by atoms with Crippen LogP contribution in [0.1, 0.15) is 34.3 Å². The second-order valence-electron chi connectivity index (χ2n) is 4.53. The fourth-order valence-corrected chi connectivity index (χ4v) is 2.34. The monoisotopic (exact) mass is 281 g/mol. The van der Waals surface area contributed by atoms with Crippen LogP contribution in [0.5, 0.6) is 0 Å². The van der Waals surface area contributed by atoms with Crippen LogP contribution in [0.3, 0.4) is 0 Å². The Labute approximate surface area is 123 Å². The lowest BCUT2D eigenvalue weighted by molar-refractivity contribution is 0.103. The molecule has 20 heavy (non-hydrogen) atoms. The molecule has 2 rings (SSSR count). The number of hydrogen-bond acceptors (Lipinski definition) is 3. The molecule has 2 nitrogen and oxygen atoms in total. The van der Waals surface area contributed by atoms with Crippen molar-refractivity contribution in [2.75, 3.05) is 6.26 Å². The molecule has 0 N–H and O–H groups in total. The highest BCUT2D eigenvalue weighted by atomic mass is 32.2. The minimum Gasteiger partial charge on any atom is -0.289 e. The maximum absolute atomic E-state index is 12.4. The van der Waals surface area contributed by atoms with E-state index in [1.165, 1.54) is 0 Å². The zero-order chi connectivity index (χ0) is 14.5. The number of nitriles is 1. The summed E-state index contributed by atoms with van der Waals surface area (Å²) in [5, 5.41) is 8.96. The Hall–Kier alpha value is -2.05. The normalized spacial score (nSPS) is 11.7. The molecule has 0 bridgehead atoms. The standard InChI is InChI=1S/C17H15NOS/c1-12(11-18)14-4-3-5-15(10-14)17(19)13-6-8-16(20-2)9-7-13/h3-10,12H,1-2H3. The van der Waals surface area contributed by atoms with Gasteiger partial charge in [0.25, 0.3) is 0 Å². The Morgan fingerprint density at radius 1 is 1.15 bits per heavy atom. The van der Waals surface area contributed by atoms with Gasteiger partial charge in [-0.15, -0.1) is 11.8 Å². The number of hydrogen-bond donors (Lipinski definition) is 0. The third-order valence-electron chi connectivity index (χ3n) is 3.19. The van der Waals surface area contributed by atoms with Gasteiger partial charge in [-0.25, -0.2) is 0 Å². The first kappa shape index (κ1) is 14.4. The molecule has 0 spiro atoms. The third kappa shape index (κ3) is 3.09. The van der Waals surface area contributed by atoms with Crippen molar-refractivity contribution in [3.8, 4) is 6.07 Å². The molecule has 2 aromatic rings. The van der Waals surface area contributed by atoms with Crippen LogP contribution in [-0.2, 0) is 0 Å². The molecule has 0 aliphatic rings. The molecule has 0 radical (unpaired) electrons. The molecule has 1 atom stereocenters. The number of carbonyl (C=O) groups excluding carboxylic acids is 1. The van der Waals surface area contributed by atoms with E-state index in [9.17, 15) is 4.79 Å². The lowest BCUT2D eigenvalue weighted by Crippen LogP contribution is -2.02. The van der Waals surface area contributed by atoms with E-state index in [0.29, 0.717) is 11.1 Å². The molecule has 1 unspecified atom stereocenters. The van der Waals surface area contributed by atoms with Crippen molar-refractivity contribution in [2.24, 2.45) is 0 Å². The van der Waals surface area contributed by atoms with Crippen LogP contribution >= 0.6 is 11.8 Å². The smallest absolute Gasteiger partial charge is 0.193 e. The predicted molar refractivity (Wildman–Crippen MR) is 82.1 cm³/mol. The second kappa shape index (κ2) is 6.40. The van der Waals surface area contributed by atoms with E-state index in [1.807, 2.05) is 49.6 Å². The van der Waals surface area contributed by atoms with Gasteiger partial charge in [-0.2, -0.15) is 5.26 Å².